The van der Waals surface area contributed by atoms with Gasteiger partial charge in [-0.25, -0.2) is 28.6 Å². The molecule has 2 heterocycles. The monoisotopic (exact) mass is 478 g/mol. The fourth-order valence-corrected chi connectivity index (χ4v) is 3.15. The van der Waals surface area contributed by atoms with Crippen molar-refractivity contribution in [3.63, 3.8) is 0 Å². The number of ether oxygens (including phenoxy) is 1. The molecule has 2 amide bonds. The van der Waals surface area contributed by atoms with Gasteiger partial charge in [0.25, 0.3) is 0 Å². The summed E-state index contributed by atoms with van der Waals surface area (Å²) in [6.45, 7) is 0. The lowest BCUT2D eigenvalue weighted by Crippen LogP contribution is -2.28. The molecular formula is C23H14N2O10. The number of hydrogen-bond acceptors (Lipinski definition) is 8. The number of aromatic hydroxyl groups is 1. The Hall–Kier alpha value is -5.39. The number of imide groups is 1. The van der Waals surface area contributed by atoms with Crippen molar-refractivity contribution in [3.05, 3.63) is 93.9 Å². The fourth-order valence-electron chi connectivity index (χ4n) is 3.15. The minimum atomic E-state index is -1.17. The number of cyclic esters (lactones) is 1. The van der Waals surface area contributed by atoms with Crippen molar-refractivity contribution in [2.45, 2.75) is 0 Å². The maximum Gasteiger partial charge on any atom is 0.427 e. The number of aromatic nitrogens is 1. The van der Waals surface area contributed by atoms with E-state index in [4.69, 9.17) is 19.4 Å². The molecule has 0 radical (unpaired) electrons. The maximum absolute atomic E-state index is 12.6. The Labute approximate surface area is 194 Å². The normalized spacial score (nSPS) is 14.6. The lowest BCUT2D eigenvalue weighted by Gasteiger charge is -2.09. The maximum atomic E-state index is 12.6. The highest BCUT2D eigenvalue weighted by molar-refractivity contribution is 6.23. The van der Waals surface area contributed by atoms with Crippen molar-refractivity contribution in [2.24, 2.45) is 0 Å². The molecule has 0 saturated carbocycles. The van der Waals surface area contributed by atoms with Gasteiger partial charge in [-0.2, -0.15) is 0 Å². The quantitative estimate of drug-likeness (QED) is 0.446. The van der Waals surface area contributed by atoms with Crippen LogP contribution in [-0.4, -0.2) is 43.8 Å². The van der Waals surface area contributed by atoms with Gasteiger partial charge in [0.1, 0.15) is 0 Å². The molecule has 3 N–H and O–H groups in total. The number of aromatic carboxylic acids is 2. The number of carboxylic acids is 2. The molecule has 0 unspecified atom stereocenters. The number of benzene rings is 2. The Morgan fingerprint density at radius 2 is 1.37 bits per heavy atom. The molecule has 1 aliphatic rings. The van der Waals surface area contributed by atoms with Crippen LogP contribution in [0, 0.1) is 0 Å². The molecule has 12 heteroatoms. The molecule has 3 aromatic rings. The summed E-state index contributed by atoms with van der Waals surface area (Å²) in [4.78, 5) is 59.5. The van der Waals surface area contributed by atoms with E-state index in [0.717, 1.165) is 16.7 Å². The summed E-state index contributed by atoms with van der Waals surface area (Å²) in [7, 11) is 0. The molecule has 12 nitrogen and oxygen atoms in total. The zero-order valence-electron chi connectivity index (χ0n) is 17.4. The third-order valence-electron chi connectivity index (χ3n) is 4.85. The van der Waals surface area contributed by atoms with Gasteiger partial charge in [-0.1, -0.05) is 6.08 Å². The van der Waals surface area contributed by atoms with E-state index < -0.39 is 35.6 Å². The molecule has 4 rings (SSSR count). The molecule has 0 bridgehead atoms. The first-order valence-electron chi connectivity index (χ1n) is 9.74. The van der Waals surface area contributed by atoms with Gasteiger partial charge < -0.3 is 24.5 Å². The van der Waals surface area contributed by atoms with E-state index in [1.165, 1.54) is 54.6 Å². The number of nitrogens with zero attached hydrogens (tertiary/aromatic N) is 2. The summed E-state index contributed by atoms with van der Waals surface area (Å²) in [5, 5.41) is 28.3. The summed E-state index contributed by atoms with van der Waals surface area (Å²) in [5.74, 6) is -5.30. The molecule has 1 aromatic heterocycles. The van der Waals surface area contributed by atoms with Gasteiger partial charge in [0.05, 0.1) is 22.5 Å². The number of carbonyl (C=O) groups excluding carboxylic acids is 2. The number of oxazole rings is 1. The fraction of sp³-hybridized carbons (Fsp3) is 0. The van der Waals surface area contributed by atoms with Gasteiger partial charge >= 0.3 is 29.7 Å². The second-order valence-corrected chi connectivity index (χ2v) is 6.99. The molecule has 0 aliphatic carbocycles. The van der Waals surface area contributed by atoms with E-state index in [1.807, 2.05) is 0 Å². The van der Waals surface area contributed by atoms with Crippen molar-refractivity contribution in [1.82, 2.24) is 4.57 Å². The van der Waals surface area contributed by atoms with Crippen molar-refractivity contribution in [2.75, 3.05) is 4.90 Å². The van der Waals surface area contributed by atoms with Gasteiger partial charge in [-0.15, -0.1) is 0 Å². The van der Waals surface area contributed by atoms with Crippen molar-refractivity contribution < 1.29 is 43.7 Å². The van der Waals surface area contributed by atoms with Crippen LogP contribution in [0.5, 0.6) is 5.88 Å². The minimum absolute atomic E-state index is 0.0146. The lowest BCUT2D eigenvalue weighted by atomic mass is 10.2. The number of hydrogen-bond donors (Lipinski definition) is 3. The molecule has 1 saturated heterocycles. The largest absolute Gasteiger partial charge is 0.491 e. The van der Waals surface area contributed by atoms with Crippen LogP contribution >= 0.6 is 0 Å². The zero-order valence-corrected chi connectivity index (χ0v) is 17.4. The first-order chi connectivity index (χ1) is 16.7. The van der Waals surface area contributed by atoms with E-state index >= 15 is 0 Å². The molecular weight excluding hydrogens is 464 g/mol. The molecule has 1 aliphatic heterocycles. The van der Waals surface area contributed by atoms with Crippen LogP contribution in [0.1, 0.15) is 26.5 Å². The number of rotatable bonds is 6. The SMILES string of the molecule is O=C(O)c1ccc(N2C(=O)O/C(=C\C=C\c3oc(=O)n(-c4ccc(C(=O)O)cc4)c3O)C2=O)cc1. The van der Waals surface area contributed by atoms with Crippen LogP contribution in [0.3, 0.4) is 0 Å². The van der Waals surface area contributed by atoms with E-state index in [9.17, 15) is 29.1 Å². The average molecular weight is 478 g/mol. The van der Waals surface area contributed by atoms with Crippen molar-refractivity contribution in [3.8, 4) is 11.6 Å². The second kappa shape index (κ2) is 8.86. The molecule has 0 atom stereocenters. The molecule has 2 aromatic carbocycles. The Balaban J connectivity index is 1.55. The minimum Gasteiger partial charge on any atom is -0.491 e. The summed E-state index contributed by atoms with van der Waals surface area (Å²) in [5.41, 5.74) is 0.216. The van der Waals surface area contributed by atoms with Crippen molar-refractivity contribution >= 4 is 35.7 Å². The molecule has 0 spiro atoms. The number of anilines is 1. The molecule has 176 valence electrons. The summed E-state index contributed by atoms with van der Waals surface area (Å²) in [6, 6.07) is 10.1. The molecule has 1 fully saturated rings. The third-order valence-corrected chi connectivity index (χ3v) is 4.85. The first-order valence-corrected chi connectivity index (χ1v) is 9.74. The van der Waals surface area contributed by atoms with Gasteiger partial charge in [0, 0.05) is 0 Å². The van der Waals surface area contributed by atoms with Gasteiger partial charge in [-0.05, 0) is 60.7 Å². The number of carboxylic acid groups (broad SMARTS) is 2. The van der Waals surface area contributed by atoms with Gasteiger partial charge in [-0.3, -0.25) is 4.79 Å². The predicted molar refractivity (Wildman–Crippen MR) is 117 cm³/mol. The van der Waals surface area contributed by atoms with Crippen molar-refractivity contribution in [1.29, 1.82) is 0 Å². The Kier molecular flexibility index (Phi) is 5.77. The van der Waals surface area contributed by atoms with Crippen LogP contribution in [-0.2, 0) is 9.53 Å². The van der Waals surface area contributed by atoms with Crippen LogP contribution in [0.25, 0.3) is 11.8 Å². The van der Waals surface area contributed by atoms with Gasteiger partial charge in [0.2, 0.25) is 5.88 Å². The summed E-state index contributed by atoms with van der Waals surface area (Å²) >= 11 is 0. The topological polar surface area (TPSA) is 177 Å². The Morgan fingerprint density at radius 1 is 0.829 bits per heavy atom. The lowest BCUT2D eigenvalue weighted by molar-refractivity contribution is -0.114. The highest BCUT2D eigenvalue weighted by Crippen LogP contribution is 2.26. The zero-order chi connectivity index (χ0) is 25.3. The number of carbonyl (C=O) groups is 4. The van der Waals surface area contributed by atoms with Crippen LogP contribution in [0.4, 0.5) is 10.5 Å². The number of allylic oxidation sites excluding steroid dienone is 2. The highest BCUT2D eigenvalue weighted by Gasteiger charge is 2.37. The van der Waals surface area contributed by atoms with E-state index in [-0.39, 0.29) is 34.0 Å². The van der Waals surface area contributed by atoms with E-state index in [1.54, 1.807) is 0 Å². The van der Waals surface area contributed by atoms with Crippen LogP contribution in [0.2, 0.25) is 0 Å². The molecule has 35 heavy (non-hydrogen) atoms. The predicted octanol–water partition coefficient (Wildman–Crippen LogP) is 2.61. The van der Waals surface area contributed by atoms with Gasteiger partial charge in [0.15, 0.2) is 11.5 Å². The Bertz CT molecular complexity index is 1470. The standard InChI is InChI=1S/C23H14N2O10/c26-18-16(34-22(32)24(18)14-8-4-12(5-9-14)20(28)29)2-1-3-17-19(27)25(23(33)35-17)15-10-6-13(7-11-15)21(30)31/h1-11,26H,(H,28,29)(H,30,31)/b2-1+,17-3-. The van der Waals surface area contributed by atoms with E-state index in [0.29, 0.717) is 4.90 Å². The number of amides is 2. The van der Waals surface area contributed by atoms with Crippen LogP contribution < -0.4 is 10.7 Å². The third kappa shape index (κ3) is 4.30. The smallest absolute Gasteiger partial charge is 0.427 e. The summed E-state index contributed by atoms with van der Waals surface area (Å²) < 4.78 is 10.7. The highest BCUT2D eigenvalue weighted by atomic mass is 16.6. The second-order valence-electron chi connectivity index (χ2n) is 6.99. The first kappa shape index (κ1) is 22.8. The van der Waals surface area contributed by atoms with E-state index in [2.05, 4.69) is 0 Å². The summed E-state index contributed by atoms with van der Waals surface area (Å²) in [6.07, 6.45) is 2.47. The average Bonchev–Trinajstić information content (AvgIpc) is 3.27. The van der Waals surface area contributed by atoms with Crippen LogP contribution in [0.15, 0.2) is 75.7 Å². The Morgan fingerprint density at radius 3 is 1.91 bits per heavy atom.